The molecule has 0 aromatic heterocycles. The first-order chi connectivity index (χ1) is 8.45. The number of hydrogen-bond acceptors (Lipinski definition) is 4. The maximum absolute atomic E-state index is 11.9. The third-order valence-corrected chi connectivity index (χ3v) is 2.21. The van der Waals surface area contributed by atoms with Crippen LogP contribution in [0.1, 0.15) is 36.7 Å². The number of ketones is 1. The summed E-state index contributed by atoms with van der Waals surface area (Å²) in [5.41, 5.74) is 1.21. The van der Waals surface area contributed by atoms with E-state index in [0.717, 1.165) is 5.56 Å². The Kier molecular flexibility index (Phi) is 4.89. The maximum Gasteiger partial charge on any atom is 0.379 e. The first-order valence-electron chi connectivity index (χ1n) is 5.94. The second-order valence-corrected chi connectivity index (χ2v) is 4.22. The average Bonchev–Trinajstić information content (AvgIpc) is 2.28. The molecule has 0 aliphatic heterocycles. The SMILES string of the molecule is CCOC(=O)C(=O)c1ccc(C)cc1OC(C)C. The molecule has 98 valence electrons. The Balaban J connectivity index is 3.07. The molecule has 0 radical (unpaired) electrons. The van der Waals surface area contributed by atoms with E-state index in [1.54, 1.807) is 25.1 Å². The van der Waals surface area contributed by atoms with E-state index in [1.807, 2.05) is 20.8 Å². The lowest BCUT2D eigenvalue weighted by Crippen LogP contribution is -2.19. The second-order valence-electron chi connectivity index (χ2n) is 4.22. The van der Waals surface area contributed by atoms with Gasteiger partial charge in [0.2, 0.25) is 0 Å². The van der Waals surface area contributed by atoms with Crippen molar-refractivity contribution in [3.05, 3.63) is 29.3 Å². The van der Waals surface area contributed by atoms with E-state index in [9.17, 15) is 9.59 Å². The van der Waals surface area contributed by atoms with E-state index >= 15 is 0 Å². The molecule has 0 aliphatic carbocycles. The minimum Gasteiger partial charge on any atom is -0.490 e. The fourth-order valence-corrected chi connectivity index (χ4v) is 1.48. The van der Waals surface area contributed by atoms with Gasteiger partial charge in [-0.1, -0.05) is 6.07 Å². The number of rotatable bonds is 5. The van der Waals surface area contributed by atoms with Crippen molar-refractivity contribution in [2.75, 3.05) is 6.61 Å². The first kappa shape index (κ1) is 14.2. The summed E-state index contributed by atoms with van der Waals surface area (Å²) in [6.45, 7) is 7.45. The molecule has 4 heteroatoms. The summed E-state index contributed by atoms with van der Waals surface area (Å²) < 4.78 is 10.3. The fraction of sp³-hybridized carbons (Fsp3) is 0.429. The van der Waals surface area contributed by atoms with Crippen LogP contribution in [0, 0.1) is 6.92 Å². The maximum atomic E-state index is 11.9. The topological polar surface area (TPSA) is 52.6 Å². The molecule has 18 heavy (non-hydrogen) atoms. The third kappa shape index (κ3) is 3.58. The highest BCUT2D eigenvalue weighted by Crippen LogP contribution is 2.22. The highest BCUT2D eigenvalue weighted by atomic mass is 16.5. The monoisotopic (exact) mass is 250 g/mol. The standard InChI is InChI=1S/C14H18O4/c1-5-17-14(16)13(15)11-7-6-10(4)8-12(11)18-9(2)3/h6-9H,5H2,1-4H3. The van der Waals surface area contributed by atoms with E-state index in [2.05, 4.69) is 0 Å². The molecule has 1 aromatic carbocycles. The summed E-state index contributed by atoms with van der Waals surface area (Å²) in [5, 5.41) is 0. The lowest BCUT2D eigenvalue weighted by atomic mass is 10.1. The zero-order valence-corrected chi connectivity index (χ0v) is 11.1. The van der Waals surface area contributed by atoms with Crippen molar-refractivity contribution in [3.8, 4) is 5.75 Å². The predicted octanol–water partition coefficient (Wildman–Crippen LogP) is 2.53. The Bertz CT molecular complexity index is 449. The van der Waals surface area contributed by atoms with Crippen LogP contribution in [0.4, 0.5) is 0 Å². The summed E-state index contributed by atoms with van der Waals surface area (Å²) in [7, 11) is 0. The molecule has 0 amide bonds. The van der Waals surface area contributed by atoms with Crippen molar-refractivity contribution in [1.82, 2.24) is 0 Å². The Hall–Kier alpha value is -1.84. The summed E-state index contributed by atoms with van der Waals surface area (Å²) in [6, 6.07) is 5.10. The van der Waals surface area contributed by atoms with Crippen molar-refractivity contribution in [1.29, 1.82) is 0 Å². The molecular weight excluding hydrogens is 232 g/mol. The van der Waals surface area contributed by atoms with Gasteiger partial charge in [-0.2, -0.15) is 0 Å². The van der Waals surface area contributed by atoms with E-state index in [1.165, 1.54) is 0 Å². The number of carbonyl (C=O) groups is 2. The van der Waals surface area contributed by atoms with Crippen molar-refractivity contribution in [3.63, 3.8) is 0 Å². The lowest BCUT2D eigenvalue weighted by molar-refractivity contribution is -0.137. The summed E-state index contributed by atoms with van der Waals surface area (Å²) in [5.74, 6) is -1.11. The molecule has 0 spiro atoms. The van der Waals surface area contributed by atoms with Gasteiger partial charge < -0.3 is 9.47 Å². The number of carbonyl (C=O) groups excluding carboxylic acids is 2. The van der Waals surface area contributed by atoms with Gasteiger partial charge in [0.15, 0.2) is 0 Å². The quantitative estimate of drug-likeness (QED) is 0.458. The molecular formula is C14H18O4. The van der Waals surface area contributed by atoms with Crippen molar-refractivity contribution in [2.24, 2.45) is 0 Å². The molecule has 0 unspecified atom stereocenters. The van der Waals surface area contributed by atoms with E-state index in [0.29, 0.717) is 5.75 Å². The number of Topliss-reactive ketones (excluding diaryl/α,β-unsaturated/α-hetero) is 1. The number of ether oxygens (including phenoxy) is 2. The van der Waals surface area contributed by atoms with Crippen LogP contribution in [0.25, 0.3) is 0 Å². The van der Waals surface area contributed by atoms with Gasteiger partial charge in [-0.25, -0.2) is 4.79 Å². The molecule has 4 nitrogen and oxygen atoms in total. The number of benzene rings is 1. The zero-order valence-electron chi connectivity index (χ0n) is 11.1. The summed E-state index contributed by atoms with van der Waals surface area (Å²) in [4.78, 5) is 23.3. The highest BCUT2D eigenvalue weighted by Gasteiger charge is 2.22. The van der Waals surface area contributed by atoms with Crippen LogP contribution >= 0.6 is 0 Å². The summed E-state index contributed by atoms with van der Waals surface area (Å²) in [6.07, 6.45) is -0.0689. The highest BCUT2D eigenvalue weighted by molar-refractivity contribution is 6.41. The Morgan fingerprint density at radius 3 is 2.50 bits per heavy atom. The van der Waals surface area contributed by atoms with Gasteiger partial charge in [-0.15, -0.1) is 0 Å². The van der Waals surface area contributed by atoms with Crippen molar-refractivity contribution >= 4 is 11.8 Å². The van der Waals surface area contributed by atoms with Crippen molar-refractivity contribution < 1.29 is 19.1 Å². The average molecular weight is 250 g/mol. The Labute approximate surface area is 107 Å². The molecule has 0 aliphatic rings. The molecule has 1 rings (SSSR count). The number of aryl methyl sites for hydroxylation is 1. The minimum absolute atomic E-state index is 0.0689. The number of esters is 1. The van der Waals surface area contributed by atoms with Crippen LogP contribution < -0.4 is 4.74 Å². The molecule has 0 saturated carbocycles. The minimum atomic E-state index is -0.852. The van der Waals surface area contributed by atoms with Gasteiger partial charge in [-0.3, -0.25) is 4.79 Å². The van der Waals surface area contributed by atoms with Crippen LogP contribution in [0.2, 0.25) is 0 Å². The van der Waals surface area contributed by atoms with Crippen LogP contribution in [-0.4, -0.2) is 24.5 Å². The molecule has 1 aromatic rings. The van der Waals surface area contributed by atoms with E-state index in [-0.39, 0.29) is 18.3 Å². The predicted molar refractivity (Wildman–Crippen MR) is 67.9 cm³/mol. The smallest absolute Gasteiger partial charge is 0.379 e. The molecule has 0 atom stereocenters. The summed E-state index contributed by atoms with van der Waals surface area (Å²) >= 11 is 0. The molecule has 0 heterocycles. The molecule has 0 bridgehead atoms. The molecule has 0 N–H and O–H groups in total. The van der Waals surface area contributed by atoms with E-state index < -0.39 is 11.8 Å². The van der Waals surface area contributed by atoms with Gasteiger partial charge in [0, 0.05) is 0 Å². The Morgan fingerprint density at radius 2 is 1.94 bits per heavy atom. The zero-order chi connectivity index (χ0) is 13.7. The molecule has 0 saturated heterocycles. The second kappa shape index (κ2) is 6.19. The first-order valence-corrected chi connectivity index (χ1v) is 5.94. The van der Waals surface area contributed by atoms with Gasteiger partial charge in [0.05, 0.1) is 18.3 Å². The van der Waals surface area contributed by atoms with Gasteiger partial charge in [0.25, 0.3) is 5.78 Å². The lowest BCUT2D eigenvalue weighted by Gasteiger charge is -2.13. The number of hydrogen-bond donors (Lipinski definition) is 0. The van der Waals surface area contributed by atoms with Gasteiger partial charge in [-0.05, 0) is 45.4 Å². The van der Waals surface area contributed by atoms with Gasteiger partial charge in [0.1, 0.15) is 5.75 Å². The van der Waals surface area contributed by atoms with Crippen molar-refractivity contribution in [2.45, 2.75) is 33.8 Å². The largest absolute Gasteiger partial charge is 0.490 e. The Morgan fingerprint density at radius 1 is 1.28 bits per heavy atom. The fourth-order valence-electron chi connectivity index (χ4n) is 1.48. The van der Waals surface area contributed by atoms with Crippen LogP contribution in [0.15, 0.2) is 18.2 Å². The van der Waals surface area contributed by atoms with Crippen LogP contribution in [0.5, 0.6) is 5.75 Å². The van der Waals surface area contributed by atoms with E-state index in [4.69, 9.17) is 9.47 Å². The van der Waals surface area contributed by atoms with Gasteiger partial charge >= 0.3 is 5.97 Å². The van der Waals surface area contributed by atoms with Crippen LogP contribution in [-0.2, 0) is 9.53 Å². The normalized spacial score (nSPS) is 10.3. The van der Waals surface area contributed by atoms with Crippen LogP contribution in [0.3, 0.4) is 0 Å². The third-order valence-electron chi connectivity index (χ3n) is 2.21. The molecule has 0 fully saturated rings.